The number of nitrogens with two attached hydrogens (primary N) is 1. The van der Waals surface area contributed by atoms with Crippen LogP contribution >= 0.6 is 0 Å². The maximum absolute atomic E-state index is 12.1. The summed E-state index contributed by atoms with van der Waals surface area (Å²) in [6.45, 7) is 1.91. The number of amides is 1. The normalized spacial score (nSPS) is 28.9. The predicted molar refractivity (Wildman–Crippen MR) is 49.0 cm³/mol. The summed E-state index contributed by atoms with van der Waals surface area (Å²) in [5.41, 5.74) is 4.78. The van der Waals surface area contributed by atoms with Gasteiger partial charge in [-0.25, -0.2) is 0 Å². The van der Waals surface area contributed by atoms with Crippen molar-refractivity contribution in [3.63, 3.8) is 0 Å². The van der Waals surface area contributed by atoms with E-state index in [1.54, 1.807) is 0 Å². The van der Waals surface area contributed by atoms with Gasteiger partial charge in [-0.15, -0.1) is 0 Å². The first-order valence-corrected chi connectivity index (χ1v) is 4.95. The van der Waals surface area contributed by atoms with Crippen molar-refractivity contribution < 1.29 is 18.0 Å². The predicted octanol–water partition coefficient (Wildman–Crippen LogP) is 1.18. The molecule has 1 saturated carbocycles. The lowest BCUT2D eigenvalue weighted by atomic mass is 10.1. The molecule has 1 rings (SSSR count). The molecule has 0 radical (unpaired) electrons. The highest BCUT2D eigenvalue weighted by Crippen LogP contribution is 2.25. The average Bonchev–Trinajstić information content (AvgIpc) is 2.49. The van der Waals surface area contributed by atoms with E-state index in [4.69, 9.17) is 5.73 Å². The van der Waals surface area contributed by atoms with E-state index >= 15 is 0 Å². The molecule has 1 fully saturated rings. The van der Waals surface area contributed by atoms with Crippen LogP contribution in [0.25, 0.3) is 0 Å². The summed E-state index contributed by atoms with van der Waals surface area (Å²) in [5.74, 6) is -0.893. The lowest BCUT2D eigenvalue weighted by Gasteiger charge is -2.21. The Morgan fingerprint density at radius 2 is 2.07 bits per heavy atom. The van der Waals surface area contributed by atoms with E-state index in [0.29, 0.717) is 0 Å². The van der Waals surface area contributed by atoms with Crippen molar-refractivity contribution in [3.05, 3.63) is 0 Å². The van der Waals surface area contributed by atoms with Crippen LogP contribution in [0, 0.1) is 5.92 Å². The number of nitrogens with one attached hydrogen (secondary N) is 1. The second kappa shape index (κ2) is 4.38. The lowest BCUT2D eigenvalue weighted by molar-refractivity contribution is -0.163. The molecular formula is C9H15F3N2O. The Bertz CT molecular complexity index is 242. The maximum atomic E-state index is 12.1. The zero-order valence-electron chi connectivity index (χ0n) is 8.47. The van der Waals surface area contributed by atoms with E-state index < -0.39 is 18.1 Å². The molecule has 1 aliphatic rings. The van der Waals surface area contributed by atoms with Crippen LogP contribution in [0.4, 0.5) is 13.2 Å². The maximum Gasteiger partial charge on any atom is 0.412 e. The molecule has 3 atom stereocenters. The number of hydrogen-bond acceptors (Lipinski definition) is 2. The van der Waals surface area contributed by atoms with Crippen molar-refractivity contribution >= 4 is 5.91 Å². The fourth-order valence-corrected chi connectivity index (χ4v) is 1.78. The van der Waals surface area contributed by atoms with E-state index in [-0.39, 0.29) is 12.0 Å². The Balaban J connectivity index is 2.48. The number of alkyl halides is 3. The first-order chi connectivity index (χ1) is 6.82. The Labute approximate surface area is 86.2 Å². The van der Waals surface area contributed by atoms with Crippen molar-refractivity contribution in [2.24, 2.45) is 11.7 Å². The van der Waals surface area contributed by atoms with Gasteiger partial charge < -0.3 is 11.1 Å². The van der Waals surface area contributed by atoms with Crippen LogP contribution in [0.2, 0.25) is 0 Å². The molecule has 3 N–H and O–H groups in total. The first kappa shape index (κ1) is 12.3. The van der Waals surface area contributed by atoms with E-state index in [2.05, 4.69) is 5.32 Å². The summed E-state index contributed by atoms with van der Waals surface area (Å²) in [7, 11) is 0. The van der Waals surface area contributed by atoms with Gasteiger partial charge in [0, 0.05) is 6.04 Å². The quantitative estimate of drug-likeness (QED) is 0.740. The highest BCUT2D eigenvalue weighted by molar-refractivity contribution is 5.82. The van der Waals surface area contributed by atoms with Gasteiger partial charge in [-0.3, -0.25) is 4.79 Å². The van der Waals surface area contributed by atoms with Crippen molar-refractivity contribution in [2.45, 2.75) is 44.4 Å². The Hall–Kier alpha value is -0.780. The molecule has 0 aromatic rings. The van der Waals surface area contributed by atoms with Gasteiger partial charge in [-0.1, -0.05) is 13.3 Å². The number of halogens is 3. The highest BCUT2D eigenvalue weighted by atomic mass is 19.4. The van der Waals surface area contributed by atoms with Gasteiger partial charge in [0.2, 0.25) is 5.91 Å². The standard InChI is InChI=1S/C9H15F3N2O/c1-5-3-2-4-6(5)14-8(15)7(13)9(10,11)12/h5-7H,2-4,13H2,1H3,(H,14,15). The minimum Gasteiger partial charge on any atom is -0.351 e. The van der Waals surface area contributed by atoms with Crippen molar-refractivity contribution in [3.8, 4) is 0 Å². The molecule has 0 bridgehead atoms. The fraction of sp³-hybridized carbons (Fsp3) is 0.889. The smallest absolute Gasteiger partial charge is 0.351 e. The number of rotatable bonds is 2. The Kier molecular flexibility index (Phi) is 3.59. The number of carbonyl (C=O) groups is 1. The molecule has 88 valence electrons. The largest absolute Gasteiger partial charge is 0.412 e. The molecule has 3 unspecified atom stereocenters. The third kappa shape index (κ3) is 3.09. The van der Waals surface area contributed by atoms with Crippen LogP contribution in [0.5, 0.6) is 0 Å². The van der Waals surface area contributed by atoms with E-state index in [1.807, 2.05) is 6.92 Å². The number of carbonyl (C=O) groups excluding carboxylic acids is 1. The van der Waals surface area contributed by atoms with E-state index in [1.165, 1.54) is 0 Å². The van der Waals surface area contributed by atoms with Crippen molar-refractivity contribution in [1.82, 2.24) is 5.32 Å². The van der Waals surface area contributed by atoms with Crippen LogP contribution in [-0.4, -0.2) is 24.2 Å². The van der Waals surface area contributed by atoms with Crippen LogP contribution < -0.4 is 11.1 Å². The summed E-state index contributed by atoms with van der Waals surface area (Å²) in [5, 5.41) is 2.35. The monoisotopic (exact) mass is 224 g/mol. The van der Waals surface area contributed by atoms with E-state index in [0.717, 1.165) is 19.3 Å². The van der Waals surface area contributed by atoms with Gasteiger partial charge in [0.25, 0.3) is 0 Å². The highest BCUT2D eigenvalue weighted by Gasteiger charge is 2.43. The SMILES string of the molecule is CC1CCCC1NC(=O)C(N)C(F)(F)F. The minimum absolute atomic E-state index is 0.161. The summed E-state index contributed by atoms with van der Waals surface area (Å²) in [6, 6.07) is -2.57. The summed E-state index contributed by atoms with van der Waals surface area (Å²) in [4.78, 5) is 11.1. The van der Waals surface area contributed by atoms with E-state index in [9.17, 15) is 18.0 Å². The zero-order valence-corrected chi connectivity index (χ0v) is 8.47. The van der Waals surface area contributed by atoms with Gasteiger partial charge in [-0.2, -0.15) is 13.2 Å². The van der Waals surface area contributed by atoms with Gasteiger partial charge in [-0.05, 0) is 18.8 Å². The van der Waals surface area contributed by atoms with Gasteiger partial charge in [0.05, 0.1) is 0 Å². The molecule has 0 aromatic heterocycles. The summed E-state index contributed by atoms with van der Waals surface area (Å²) < 4.78 is 36.3. The topological polar surface area (TPSA) is 55.1 Å². The van der Waals surface area contributed by atoms with Crippen molar-refractivity contribution in [1.29, 1.82) is 0 Å². The molecule has 0 aliphatic heterocycles. The van der Waals surface area contributed by atoms with Crippen LogP contribution in [0.15, 0.2) is 0 Å². The number of hydrogen-bond donors (Lipinski definition) is 2. The summed E-state index contributed by atoms with van der Waals surface area (Å²) >= 11 is 0. The molecule has 3 nitrogen and oxygen atoms in total. The summed E-state index contributed by atoms with van der Waals surface area (Å²) in [6.07, 6.45) is -2.05. The lowest BCUT2D eigenvalue weighted by Crippen LogP contribution is -2.53. The average molecular weight is 224 g/mol. The van der Waals surface area contributed by atoms with Crippen LogP contribution in [0.3, 0.4) is 0 Å². The zero-order chi connectivity index (χ0) is 11.6. The molecule has 1 amide bonds. The molecule has 0 aromatic carbocycles. The molecule has 0 heterocycles. The third-order valence-corrected chi connectivity index (χ3v) is 2.82. The molecular weight excluding hydrogens is 209 g/mol. The van der Waals surface area contributed by atoms with Crippen LogP contribution in [0.1, 0.15) is 26.2 Å². The second-order valence-corrected chi connectivity index (χ2v) is 4.04. The molecule has 0 saturated heterocycles. The molecule has 6 heteroatoms. The molecule has 0 spiro atoms. The fourth-order valence-electron chi connectivity index (χ4n) is 1.78. The molecule has 15 heavy (non-hydrogen) atoms. The second-order valence-electron chi connectivity index (χ2n) is 4.04. The van der Waals surface area contributed by atoms with Gasteiger partial charge >= 0.3 is 6.18 Å². The van der Waals surface area contributed by atoms with Crippen molar-refractivity contribution in [2.75, 3.05) is 0 Å². The first-order valence-electron chi connectivity index (χ1n) is 4.95. The Morgan fingerprint density at radius 1 is 1.47 bits per heavy atom. The Morgan fingerprint density at radius 3 is 2.47 bits per heavy atom. The van der Waals surface area contributed by atoms with Crippen LogP contribution in [-0.2, 0) is 4.79 Å². The van der Waals surface area contributed by atoms with Gasteiger partial charge in [0.15, 0.2) is 6.04 Å². The van der Waals surface area contributed by atoms with Gasteiger partial charge in [0.1, 0.15) is 0 Å². The minimum atomic E-state index is -4.66. The third-order valence-electron chi connectivity index (χ3n) is 2.82. The molecule has 1 aliphatic carbocycles.